The molecule has 1 aromatic rings. The third kappa shape index (κ3) is 6.53. The van der Waals surface area contributed by atoms with Crippen molar-refractivity contribution in [2.75, 3.05) is 32.2 Å². The van der Waals surface area contributed by atoms with Crippen molar-refractivity contribution < 1.29 is 31.9 Å². The summed E-state index contributed by atoms with van der Waals surface area (Å²) in [7, 11) is -3.53. The summed E-state index contributed by atoms with van der Waals surface area (Å²) in [6.07, 6.45) is 3.53. The zero-order valence-corrected chi connectivity index (χ0v) is 17.5. The van der Waals surface area contributed by atoms with Gasteiger partial charge in [0.2, 0.25) is 5.91 Å². The predicted molar refractivity (Wildman–Crippen MR) is 107 cm³/mol. The Labute approximate surface area is 174 Å². The Balaban J connectivity index is 1.47. The number of urea groups is 1. The molecule has 8 nitrogen and oxygen atoms in total. The SMILES string of the molecule is C[C@@H](CS(=O)(=O)/C=C/COCN1CC(=O)NC1=O)c1ccc(F)c(OCC2CC2)c1. The highest BCUT2D eigenvalue weighted by atomic mass is 32.2. The fourth-order valence-electron chi connectivity index (χ4n) is 2.93. The summed E-state index contributed by atoms with van der Waals surface area (Å²) < 4.78 is 49.3. The molecule has 30 heavy (non-hydrogen) atoms. The molecule has 3 amide bonds. The van der Waals surface area contributed by atoms with Crippen molar-refractivity contribution in [2.45, 2.75) is 25.7 Å². The first-order chi connectivity index (χ1) is 14.2. The highest BCUT2D eigenvalue weighted by Crippen LogP contribution is 2.31. The summed E-state index contributed by atoms with van der Waals surface area (Å²) in [5.41, 5.74) is 0.681. The van der Waals surface area contributed by atoms with Gasteiger partial charge in [-0.1, -0.05) is 13.0 Å². The van der Waals surface area contributed by atoms with Gasteiger partial charge in [-0.15, -0.1) is 0 Å². The van der Waals surface area contributed by atoms with Crippen LogP contribution in [0, 0.1) is 11.7 Å². The standard InChI is InChI=1S/C20H25FN2O6S/c1-14(16-5-6-17(21)18(9-16)29-11-15-3-4-15)12-30(26,27)8-2-7-28-13-23-10-19(24)22-20(23)25/h2,5-6,8-9,14-15H,3-4,7,10-13H2,1H3,(H,22,24,25)/b8-2+/t14-/m0/s1. The summed E-state index contributed by atoms with van der Waals surface area (Å²) >= 11 is 0. The molecule has 0 radical (unpaired) electrons. The molecule has 3 rings (SSSR count). The zero-order chi connectivity index (χ0) is 21.7. The molecule has 1 saturated heterocycles. The molecule has 1 aliphatic carbocycles. The molecule has 1 atom stereocenters. The van der Waals surface area contributed by atoms with Crippen LogP contribution < -0.4 is 10.1 Å². The molecule has 1 aromatic carbocycles. The van der Waals surface area contributed by atoms with E-state index in [0.717, 1.165) is 18.2 Å². The topological polar surface area (TPSA) is 102 Å². The fraction of sp³-hybridized carbons (Fsp3) is 0.500. The molecule has 2 aliphatic rings. The van der Waals surface area contributed by atoms with E-state index in [9.17, 15) is 22.4 Å². The summed E-state index contributed by atoms with van der Waals surface area (Å²) in [5, 5.41) is 3.18. The molecule has 0 bridgehead atoms. The third-order valence-corrected chi connectivity index (χ3v) is 6.38. The van der Waals surface area contributed by atoms with Crippen molar-refractivity contribution in [3.63, 3.8) is 0 Å². The van der Waals surface area contributed by atoms with Crippen LogP contribution in [0.3, 0.4) is 0 Å². The number of rotatable bonds is 11. The number of hydrogen-bond acceptors (Lipinski definition) is 6. The lowest BCUT2D eigenvalue weighted by molar-refractivity contribution is -0.118. The Hall–Kier alpha value is -2.46. The van der Waals surface area contributed by atoms with Gasteiger partial charge < -0.3 is 9.47 Å². The van der Waals surface area contributed by atoms with Gasteiger partial charge in [-0.25, -0.2) is 17.6 Å². The van der Waals surface area contributed by atoms with Crippen LogP contribution in [-0.2, 0) is 19.4 Å². The quantitative estimate of drug-likeness (QED) is 0.418. The minimum absolute atomic E-state index is 0.0265. The van der Waals surface area contributed by atoms with Crippen LogP contribution in [0.25, 0.3) is 0 Å². The van der Waals surface area contributed by atoms with E-state index in [1.807, 2.05) is 0 Å². The van der Waals surface area contributed by atoms with E-state index in [1.54, 1.807) is 19.1 Å². The number of amides is 3. The van der Waals surface area contributed by atoms with Gasteiger partial charge in [-0.2, -0.15) is 0 Å². The summed E-state index contributed by atoms with van der Waals surface area (Å²) in [6, 6.07) is 3.89. The number of hydrogen-bond donors (Lipinski definition) is 1. The molecule has 10 heteroatoms. The maximum atomic E-state index is 13.9. The second-order valence-corrected chi connectivity index (χ2v) is 9.53. The number of carbonyl (C=O) groups is 2. The average molecular weight is 440 g/mol. The van der Waals surface area contributed by atoms with Crippen LogP contribution >= 0.6 is 0 Å². The molecule has 1 saturated carbocycles. The highest BCUT2D eigenvalue weighted by Gasteiger charge is 2.26. The van der Waals surface area contributed by atoms with E-state index >= 15 is 0 Å². The lowest BCUT2D eigenvalue weighted by Gasteiger charge is -2.14. The molecule has 0 unspecified atom stereocenters. The first-order valence-electron chi connectivity index (χ1n) is 9.71. The number of carbonyl (C=O) groups excluding carboxylic acids is 2. The van der Waals surface area contributed by atoms with Gasteiger partial charge in [0.05, 0.1) is 19.0 Å². The van der Waals surface area contributed by atoms with Crippen molar-refractivity contribution in [1.82, 2.24) is 10.2 Å². The lowest BCUT2D eigenvalue weighted by Crippen LogP contribution is -2.30. The zero-order valence-electron chi connectivity index (χ0n) is 16.7. The molecule has 0 spiro atoms. The summed E-state index contributed by atoms with van der Waals surface area (Å²) in [6.45, 7) is 2.01. The second-order valence-electron chi connectivity index (χ2n) is 7.60. The minimum Gasteiger partial charge on any atom is -0.490 e. The molecule has 1 heterocycles. The number of benzene rings is 1. The maximum Gasteiger partial charge on any atom is 0.326 e. The molecule has 1 aliphatic heterocycles. The van der Waals surface area contributed by atoms with Crippen molar-refractivity contribution in [3.8, 4) is 5.75 Å². The number of ether oxygens (including phenoxy) is 2. The van der Waals surface area contributed by atoms with Gasteiger partial charge in [0.25, 0.3) is 0 Å². The van der Waals surface area contributed by atoms with E-state index in [1.165, 1.54) is 17.0 Å². The van der Waals surface area contributed by atoms with Crippen LogP contribution in [0.1, 0.15) is 31.2 Å². The van der Waals surface area contributed by atoms with E-state index in [2.05, 4.69) is 5.32 Å². The van der Waals surface area contributed by atoms with Gasteiger partial charge in [0, 0.05) is 5.41 Å². The van der Waals surface area contributed by atoms with Gasteiger partial charge in [-0.3, -0.25) is 15.0 Å². The van der Waals surface area contributed by atoms with Crippen LogP contribution in [0.15, 0.2) is 29.7 Å². The van der Waals surface area contributed by atoms with Gasteiger partial charge in [0.15, 0.2) is 21.4 Å². The second kappa shape index (κ2) is 9.57. The molecule has 1 N–H and O–H groups in total. The Bertz CT molecular complexity index is 929. The monoisotopic (exact) mass is 440 g/mol. The van der Waals surface area contributed by atoms with E-state index in [0.29, 0.717) is 18.1 Å². The fourth-order valence-corrected chi connectivity index (χ4v) is 4.31. The van der Waals surface area contributed by atoms with Crippen LogP contribution in [0.4, 0.5) is 9.18 Å². The van der Waals surface area contributed by atoms with Crippen LogP contribution in [0.5, 0.6) is 5.75 Å². The van der Waals surface area contributed by atoms with Gasteiger partial charge >= 0.3 is 6.03 Å². The third-order valence-electron chi connectivity index (χ3n) is 4.81. The summed E-state index contributed by atoms with van der Waals surface area (Å²) in [5.74, 6) is -0.739. The van der Waals surface area contributed by atoms with E-state index in [4.69, 9.17) is 9.47 Å². The minimum atomic E-state index is -3.53. The summed E-state index contributed by atoms with van der Waals surface area (Å²) in [4.78, 5) is 23.6. The number of halogens is 1. The lowest BCUT2D eigenvalue weighted by atomic mass is 10.0. The van der Waals surface area contributed by atoms with Crippen molar-refractivity contribution in [1.29, 1.82) is 0 Å². The average Bonchev–Trinajstić information content (AvgIpc) is 3.44. The molecular formula is C20H25FN2O6S. The number of imide groups is 1. The normalized spacial score (nSPS) is 18.1. The molecule has 164 valence electrons. The Morgan fingerprint density at radius 1 is 1.33 bits per heavy atom. The number of sulfone groups is 1. The van der Waals surface area contributed by atoms with Gasteiger partial charge in [0.1, 0.15) is 13.3 Å². The maximum absolute atomic E-state index is 13.9. The van der Waals surface area contributed by atoms with E-state index in [-0.39, 0.29) is 37.3 Å². The smallest absolute Gasteiger partial charge is 0.326 e. The van der Waals surface area contributed by atoms with Crippen molar-refractivity contribution in [3.05, 3.63) is 41.1 Å². The first-order valence-corrected chi connectivity index (χ1v) is 11.4. The molecular weight excluding hydrogens is 415 g/mol. The Morgan fingerprint density at radius 2 is 2.10 bits per heavy atom. The highest BCUT2D eigenvalue weighted by molar-refractivity contribution is 7.94. The molecule has 0 aromatic heterocycles. The van der Waals surface area contributed by atoms with Crippen molar-refractivity contribution >= 4 is 21.8 Å². The van der Waals surface area contributed by atoms with Crippen LogP contribution in [0.2, 0.25) is 0 Å². The largest absolute Gasteiger partial charge is 0.490 e. The Morgan fingerprint density at radius 3 is 2.77 bits per heavy atom. The predicted octanol–water partition coefficient (Wildman–Crippen LogP) is 2.17. The van der Waals surface area contributed by atoms with E-state index < -0.39 is 27.6 Å². The van der Waals surface area contributed by atoms with Crippen molar-refractivity contribution in [2.24, 2.45) is 5.92 Å². The number of nitrogens with one attached hydrogen (secondary N) is 1. The van der Waals surface area contributed by atoms with Gasteiger partial charge in [-0.05, 0) is 48.4 Å². The van der Waals surface area contributed by atoms with Crippen LogP contribution in [-0.4, -0.2) is 57.5 Å². The Kier molecular flexibility index (Phi) is 7.09. The first kappa shape index (κ1) is 22.2. The number of nitrogens with zero attached hydrogens (tertiary/aromatic N) is 1. The molecule has 2 fully saturated rings.